The highest BCUT2D eigenvalue weighted by molar-refractivity contribution is 7.89. The molecule has 2 aliphatic heterocycles. The molecule has 0 aliphatic carbocycles. The summed E-state index contributed by atoms with van der Waals surface area (Å²) < 4.78 is 27.4. The van der Waals surface area contributed by atoms with E-state index in [4.69, 9.17) is 0 Å². The molecular formula is C19H26N6O4S. The Labute approximate surface area is 175 Å². The fourth-order valence-corrected chi connectivity index (χ4v) is 5.62. The van der Waals surface area contributed by atoms with E-state index < -0.39 is 14.9 Å². The number of piperidine rings is 1. The van der Waals surface area contributed by atoms with Crippen molar-refractivity contribution < 1.29 is 13.3 Å². The van der Waals surface area contributed by atoms with Crippen molar-refractivity contribution in [3.8, 4) is 0 Å². The monoisotopic (exact) mass is 434 g/mol. The van der Waals surface area contributed by atoms with Crippen LogP contribution in [0.25, 0.3) is 0 Å². The van der Waals surface area contributed by atoms with Gasteiger partial charge in [0.25, 0.3) is 5.69 Å². The van der Waals surface area contributed by atoms with E-state index in [1.54, 1.807) is 12.3 Å². The lowest BCUT2D eigenvalue weighted by molar-refractivity contribution is -0.384. The normalized spacial score (nSPS) is 19.8. The summed E-state index contributed by atoms with van der Waals surface area (Å²) in [5.74, 6) is 0.347. The molecule has 162 valence electrons. The molecule has 1 aromatic heterocycles. The zero-order valence-corrected chi connectivity index (χ0v) is 17.7. The van der Waals surface area contributed by atoms with Crippen molar-refractivity contribution in [3.05, 3.63) is 46.3 Å². The zero-order chi connectivity index (χ0) is 21.3. The van der Waals surface area contributed by atoms with Crippen molar-refractivity contribution >= 4 is 21.4 Å². The highest BCUT2D eigenvalue weighted by Crippen LogP contribution is 2.36. The van der Waals surface area contributed by atoms with Crippen LogP contribution < -0.4 is 4.90 Å². The summed E-state index contributed by atoms with van der Waals surface area (Å²) in [5, 5.41) is 18.8. The van der Waals surface area contributed by atoms with Gasteiger partial charge >= 0.3 is 0 Å². The summed E-state index contributed by atoms with van der Waals surface area (Å²) in [5.41, 5.74) is 1.39. The van der Waals surface area contributed by atoms with Crippen molar-refractivity contribution in [2.24, 2.45) is 0 Å². The Hall–Kier alpha value is -2.50. The first-order chi connectivity index (χ1) is 14.4. The zero-order valence-electron chi connectivity index (χ0n) is 16.9. The molecule has 3 heterocycles. The topological polar surface area (TPSA) is 116 Å². The molecule has 2 aliphatic rings. The molecule has 0 spiro atoms. The fraction of sp³-hybridized carbons (Fsp3) is 0.526. The van der Waals surface area contributed by atoms with E-state index in [1.165, 1.54) is 16.4 Å². The third-order valence-corrected chi connectivity index (χ3v) is 7.94. The maximum atomic E-state index is 13.0. The molecule has 1 aromatic carbocycles. The van der Waals surface area contributed by atoms with Gasteiger partial charge in [0, 0.05) is 63.1 Å². The van der Waals surface area contributed by atoms with Gasteiger partial charge in [-0.3, -0.25) is 15.2 Å². The number of nitro groups is 1. The van der Waals surface area contributed by atoms with E-state index in [2.05, 4.69) is 15.1 Å². The minimum atomic E-state index is -3.75. The molecule has 30 heavy (non-hydrogen) atoms. The lowest BCUT2D eigenvalue weighted by Gasteiger charge is -2.33. The number of likely N-dealkylation sites (N-methyl/N-ethyl adjacent to an activating group) is 1. The van der Waals surface area contributed by atoms with Crippen LogP contribution in [-0.4, -0.2) is 79.1 Å². The van der Waals surface area contributed by atoms with Crippen LogP contribution in [0.2, 0.25) is 0 Å². The van der Waals surface area contributed by atoms with E-state index in [-0.39, 0.29) is 10.6 Å². The van der Waals surface area contributed by atoms with E-state index in [1.807, 2.05) is 18.0 Å². The number of aromatic amines is 1. The van der Waals surface area contributed by atoms with E-state index in [9.17, 15) is 18.5 Å². The van der Waals surface area contributed by atoms with Gasteiger partial charge in [0.1, 0.15) is 5.69 Å². The molecular weight excluding hydrogens is 408 g/mol. The predicted octanol–water partition coefficient (Wildman–Crippen LogP) is 1.64. The van der Waals surface area contributed by atoms with Gasteiger partial charge in [0.2, 0.25) is 10.0 Å². The van der Waals surface area contributed by atoms with Crippen LogP contribution >= 0.6 is 0 Å². The van der Waals surface area contributed by atoms with Gasteiger partial charge in [-0.2, -0.15) is 9.40 Å². The number of sulfonamides is 1. The Morgan fingerprint density at radius 1 is 1.10 bits per heavy atom. The van der Waals surface area contributed by atoms with Crippen molar-refractivity contribution in [2.75, 3.05) is 51.2 Å². The maximum Gasteiger partial charge on any atom is 0.293 e. The van der Waals surface area contributed by atoms with Crippen LogP contribution in [0, 0.1) is 10.1 Å². The molecule has 2 fully saturated rings. The average molecular weight is 435 g/mol. The molecule has 4 rings (SSSR count). The SMILES string of the molecule is CN1CCN(S(=O)(=O)c2ccc(N3CCC(c4ccn[nH]4)CC3)c([N+](=O)[O-])c2)CC1. The summed E-state index contributed by atoms with van der Waals surface area (Å²) >= 11 is 0. The second-order valence-corrected chi connectivity index (χ2v) is 9.83. The standard InChI is InChI=1S/C19H26N6O4S/c1-22-10-12-24(13-11-22)30(28,29)16-2-3-18(19(14-16)25(26)27)23-8-5-15(6-9-23)17-4-7-20-21-17/h2-4,7,14-15H,5-6,8-13H2,1H3,(H,20,21). The molecule has 0 saturated carbocycles. The molecule has 2 saturated heterocycles. The van der Waals surface area contributed by atoms with Gasteiger partial charge < -0.3 is 9.80 Å². The number of aromatic nitrogens is 2. The number of H-pyrrole nitrogens is 1. The first-order valence-electron chi connectivity index (χ1n) is 10.1. The molecule has 0 amide bonds. The first-order valence-corrected chi connectivity index (χ1v) is 11.5. The second kappa shape index (κ2) is 8.32. The Morgan fingerprint density at radius 2 is 1.80 bits per heavy atom. The number of rotatable bonds is 5. The predicted molar refractivity (Wildman–Crippen MR) is 112 cm³/mol. The number of nitro benzene ring substituents is 1. The summed E-state index contributed by atoms with van der Waals surface area (Å²) in [6, 6.07) is 6.25. The van der Waals surface area contributed by atoms with Crippen molar-refractivity contribution in [2.45, 2.75) is 23.7 Å². The number of benzene rings is 1. The van der Waals surface area contributed by atoms with Crippen LogP contribution in [0.5, 0.6) is 0 Å². The van der Waals surface area contributed by atoms with Gasteiger partial charge in [0.05, 0.1) is 9.82 Å². The molecule has 2 aromatic rings. The Morgan fingerprint density at radius 3 is 2.40 bits per heavy atom. The number of hydrogen-bond donors (Lipinski definition) is 1. The van der Waals surface area contributed by atoms with Gasteiger partial charge in [-0.1, -0.05) is 0 Å². The summed E-state index contributed by atoms with van der Waals surface area (Å²) in [6.07, 6.45) is 3.42. The van der Waals surface area contributed by atoms with Crippen LogP contribution in [0.4, 0.5) is 11.4 Å². The molecule has 10 nitrogen and oxygen atoms in total. The van der Waals surface area contributed by atoms with Crippen LogP contribution in [0.1, 0.15) is 24.5 Å². The van der Waals surface area contributed by atoms with Crippen molar-refractivity contribution in [1.82, 2.24) is 19.4 Å². The highest BCUT2D eigenvalue weighted by atomic mass is 32.2. The Balaban J connectivity index is 1.55. The third-order valence-electron chi connectivity index (χ3n) is 6.04. The number of nitrogens with zero attached hydrogens (tertiary/aromatic N) is 5. The summed E-state index contributed by atoms with van der Waals surface area (Å²) in [6.45, 7) is 3.38. The molecule has 0 radical (unpaired) electrons. The summed E-state index contributed by atoms with van der Waals surface area (Å²) in [7, 11) is -1.81. The third kappa shape index (κ3) is 4.05. The quantitative estimate of drug-likeness (QED) is 0.562. The van der Waals surface area contributed by atoms with E-state index >= 15 is 0 Å². The van der Waals surface area contributed by atoms with Gasteiger partial charge in [-0.25, -0.2) is 8.42 Å². The maximum absolute atomic E-state index is 13.0. The second-order valence-electron chi connectivity index (χ2n) is 7.89. The summed E-state index contributed by atoms with van der Waals surface area (Å²) in [4.78, 5) is 15.3. The molecule has 0 atom stereocenters. The van der Waals surface area contributed by atoms with Gasteiger partial charge in [0.15, 0.2) is 0 Å². The number of nitrogens with one attached hydrogen (secondary N) is 1. The van der Waals surface area contributed by atoms with Crippen LogP contribution in [-0.2, 0) is 10.0 Å². The molecule has 0 bridgehead atoms. The van der Waals surface area contributed by atoms with Crippen molar-refractivity contribution in [1.29, 1.82) is 0 Å². The van der Waals surface area contributed by atoms with Gasteiger partial charge in [-0.15, -0.1) is 0 Å². The Kier molecular flexibility index (Phi) is 5.76. The Bertz CT molecular complexity index is 994. The molecule has 11 heteroatoms. The van der Waals surface area contributed by atoms with E-state index in [0.29, 0.717) is 50.9 Å². The van der Waals surface area contributed by atoms with Crippen LogP contribution in [0.3, 0.4) is 0 Å². The average Bonchev–Trinajstić information content (AvgIpc) is 3.28. The van der Waals surface area contributed by atoms with Gasteiger partial charge in [-0.05, 0) is 38.1 Å². The number of anilines is 1. The molecule has 0 unspecified atom stereocenters. The number of hydrogen-bond acceptors (Lipinski definition) is 7. The smallest absolute Gasteiger partial charge is 0.293 e. The molecule has 1 N–H and O–H groups in total. The van der Waals surface area contributed by atoms with Crippen molar-refractivity contribution in [3.63, 3.8) is 0 Å². The van der Waals surface area contributed by atoms with Crippen LogP contribution in [0.15, 0.2) is 35.4 Å². The minimum Gasteiger partial charge on any atom is -0.366 e. The fourth-order valence-electron chi connectivity index (χ4n) is 4.18. The lowest BCUT2D eigenvalue weighted by atomic mass is 9.93. The minimum absolute atomic E-state index is 0.0187. The first kappa shape index (κ1) is 20.8. The highest BCUT2D eigenvalue weighted by Gasteiger charge is 2.31. The number of piperazine rings is 1. The largest absolute Gasteiger partial charge is 0.366 e. The lowest BCUT2D eigenvalue weighted by Crippen LogP contribution is -2.47. The van der Waals surface area contributed by atoms with E-state index in [0.717, 1.165) is 18.5 Å².